The molecule has 4 nitrogen and oxygen atoms in total. The molecule has 1 heterocycles. The Kier molecular flexibility index (Phi) is 4.69. The second-order valence-electron chi connectivity index (χ2n) is 5.08. The summed E-state index contributed by atoms with van der Waals surface area (Å²) in [6.07, 6.45) is 0. The molecular weight excluding hydrogens is 250 g/mol. The first-order valence-corrected chi connectivity index (χ1v) is 7.01. The average Bonchev–Trinajstić information content (AvgIpc) is 2.47. The number of benzene rings is 1. The van der Waals surface area contributed by atoms with Crippen LogP contribution in [0.2, 0.25) is 0 Å². The summed E-state index contributed by atoms with van der Waals surface area (Å²) in [5.74, 6) is 0. The summed E-state index contributed by atoms with van der Waals surface area (Å²) >= 11 is 0. The smallest absolute Gasteiger partial charge is 0.271 e. The SMILES string of the molecule is CCn1nc(-c2ccccc2)cc(CNC(C)C)c1=O. The normalized spacial score (nSPS) is 11.0. The molecule has 0 amide bonds. The zero-order chi connectivity index (χ0) is 14.5. The van der Waals surface area contributed by atoms with E-state index in [4.69, 9.17) is 0 Å². The third-order valence-corrected chi connectivity index (χ3v) is 3.12. The number of hydrogen-bond acceptors (Lipinski definition) is 3. The number of aromatic nitrogens is 2. The Hall–Kier alpha value is -1.94. The maximum Gasteiger partial charge on any atom is 0.271 e. The van der Waals surface area contributed by atoms with Crippen molar-refractivity contribution < 1.29 is 0 Å². The summed E-state index contributed by atoms with van der Waals surface area (Å²) in [6, 6.07) is 12.2. The van der Waals surface area contributed by atoms with Gasteiger partial charge in [0.1, 0.15) is 0 Å². The van der Waals surface area contributed by atoms with Gasteiger partial charge in [0.2, 0.25) is 0 Å². The van der Waals surface area contributed by atoms with Gasteiger partial charge in [-0.1, -0.05) is 44.2 Å². The first-order chi connectivity index (χ1) is 9.61. The Labute approximate surface area is 119 Å². The molecule has 0 radical (unpaired) electrons. The van der Waals surface area contributed by atoms with Crippen LogP contribution < -0.4 is 10.9 Å². The molecule has 4 heteroatoms. The van der Waals surface area contributed by atoms with Crippen molar-refractivity contribution in [2.75, 3.05) is 0 Å². The third-order valence-electron chi connectivity index (χ3n) is 3.12. The Balaban J connectivity index is 2.44. The standard InChI is InChI=1S/C16H21N3O/c1-4-19-16(20)14(11-17-12(2)3)10-15(18-19)13-8-6-5-7-9-13/h5-10,12,17H,4,11H2,1-3H3. The van der Waals surface area contributed by atoms with Crippen molar-refractivity contribution in [2.24, 2.45) is 0 Å². The van der Waals surface area contributed by atoms with Crippen LogP contribution in [0.1, 0.15) is 26.3 Å². The summed E-state index contributed by atoms with van der Waals surface area (Å²) < 4.78 is 1.53. The highest BCUT2D eigenvalue weighted by Gasteiger charge is 2.09. The maximum atomic E-state index is 12.3. The van der Waals surface area contributed by atoms with Gasteiger partial charge in [0.15, 0.2) is 0 Å². The van der Waals surface area contributed by atoms with Gasteiger partial charge in [-0.3, -0.25) is 4.79 Å². The monoisotopic (exact) mass is 271 g/mol. The summed E-state index contributed by atoms with van der Waals surface area (Å²) in [5.41, 5.74) is 2.61. The third kappa shape index (κ3) is 3.33. The van der Waals surface area contributed by atoms with Crippen molar-refractivity contribution in [1.82, 2.24) is 15.1 Å². The van der Waals surface area contributed by atoms with Gasteiger partial charge in [-0.25, -0.2) is 4.68 Å². The lowest BCUT2D eigenvalue weighted by atomic mass is 10.1. The van der Waals surface area contributed by atoms with E-state index in [1.807, 2.05) is 43.3 Å². The molecule has 0 unspecified atom stereocenters. The summed E-state index contributed by atoms with van der Waals surface area (Å²) in [4.78, 5) is 12.3. The molecule has 0 aliphatic heterocycles. The van der Waals surface area contributed by atoms with E-state index in [9.17, 15) is 4.79 Å². The minimum absolute atomic E-state index is 0.0136. The molecule has 0 spiro atoms. The summed E-state index contributed by atoms with van der Waals surface area (Å²) in [7, 11) is 0. The minimum atomic E-state index is -0.0136. The van der Waals surface area contributed by atoms with Crippen molar-refractivity contribution in [2.45, 2.75) is 39.9 Å². The van der Waals surface area contributed by atoms with E-state index in [0.29, 0.717) is 19.1 Å². The molecular formula is C16H21N3O. The molecule has 2 aromatic rings. The topological polar surface area (TPSA) is 46.9 Å². The molecule has 0 saturated carbocycles. The van der Waals surface area contributed by atoms with Crippen molar-refractivity contribution >= 4 is 0 Å². The predicted octanol–water partition coefficient (Wildman–Crippen LogP) is 2.43. The molecule has 1 N–H and O–H groups in total. The van der Waals surface area contributed by atoms with E-state index >= 15 is 0 Å². The van der Waals surface area contributed by atoms with Crippen LogP contribution in [0.5, 0.6) is 0 Å². The molecule has 20 heavy (non-hydrogen) atoms. The van der Waals surface area contributed by atoms with Crippen LogP contribution in [-0.4, -0.2) is 15.8 Å². The fourth-order valence-electron chi connectivity index (χ4n) is 2.00. The van der Waals surface area contributed by atoms with Crippen LogP contribution in [0.3, 0.4) is 0 Å². The van der Waals surface area contributed by atoms with Gasteiger partial charge in [0, 0.05) is 30.3 Å². The molecule has 0 atom stereocenters. The second kappa shape index (κ2) is 6.48. The average molecular weight is 271 g/mol. The van der Waals surface area contributed by atoms with Crippen LogP contribution in [-0.2, 0) is 13.1 Å². The van der Waals surface area contributed by atoms with Gasteiger partial charge in [-0.15, -0.1) is 0 Å². The van der Waals surface area contributed by atoms with Gasteiger partial charge >= 0.3 is 0 Å². The highest BCUT2D eigenvalue weighted by atomic mass is 16.1. The molecule has 1 aromatic heterocycles. The van der Waals surface area contributed by atoms with Gasteiger partial charge in [-0.2, -0.15) is 5.10 Å². The minimum Gasteiger partial charge on any atom is -0.310 e. The fourth-order valence-corrected chi connectivity index (χ4v) is 2.00. The van der Waals surface area contributed by atoms with E-state index < -0.39 is 0 Å². The number of nitrogens with one attached hydrogen (secondary N) is 1. The van der Waals surface area contributed by atoms with Crippen LogP contribution >= 0.6 is 0 Å². The zero-order valence-corrected chi connectivity index (χ0v) is 12.3. The highest BCUT2D eigenvalue weighted by molar-refractivity contribution is 5.58. The molecule has 1 aromatic carbocycles. The number of rotatable bonds is 5. The largest absolute Gasteiger partial charge is 0.310 e. The second-order valence-corrected chi connectivity index (χ2v) is 5.08. The van der Waals surface area contributed by atoms with Gasteiger partial charge < -0.3 is 5.32 Å². The van der Waals surface area contributed by atoms with Crippen molar-refractivity contribution in [1.29, 1.82) is 0 Å². The molecule has 0 aliphatic carbocycles. The molecule has 0 aliphatic rings. The van der Waals surface area contributed by atoms with E-state index in [-0.39, 0.29) is 5.56 Å². The zero-order valence-electron chi connectivity index (χ0n) is 12.3. The molecule has 0 bridgehead atoms. The maximum absolute atomic E-state index is 12.3. The van der Waals surface area contributed by atoms with Gasteiger partial charge in [0.25, 0.3) is 5.56 Å². The van der Waals surface area contributed by atoms with E-state index in [2.05, 4.69) is 24.3 Å². The first kappa shape index (κ1) is 14.5. The number of hydrogen-bond donors (Lipinski definition) is 1. The molecule has 2 rings (SSSR count). The lowest BCUT2D eigenvalue weighted by Crippen LogP contribution is -2.31. The number of nitrogens with zero attached hydrogens (tertiary/aromatic N) is 2. The highest BCUT2D eigenvalue weighted by Crippen LogP contribution is 2.15. The van der Waals surface area contributed by atoms with E-state index in [1.165, 1.54) is 4.68 Å². The van der Waals surface area contributed by atoms with E-state index in [0.717, 1.165) is 16.8 Å². The Morgan fingerprint density at radius 2 is 1.95 bits per heavy atom. The summed E-state index contributed by atoms with van der Waals surface area (Å²) in [6.45, 7) is 7.21. The van der Waals surface area contributed by atoms with Gasteiger partial charge in [0.05, 0.1) is 5.69 Å². The number of aryl methyl sites for hydroxylation is 1. The van der Waals surface area contributed by atoms with Crippen LogP contribution in [0.4, 0.5) is 0 Å². The van der Waals surface area contributed by atoms with E-state index in [1.54, 1.807) is 0 Å². The van der Waals surface area contributed by atoms with Crippen LogP contribution in [0.15, 0.2) is 41.2 Å². The molecule has 0 saturated heterocycles. The van der Waals surface area contributed by atoms with Crippen molar-refractivity contribution in [3.05, 3.63) is 52.3 Å². The van der Waals surface area contributed by atoms with Crippen LogP contribution in [0, 0.1) is 0 Å². The molecule has 0 fully saturated rings. The fraction of sp³-hybridized carbons (Fsp3) is 0.375. The lowest BCUT2D eigenvalue weighted by Gasteiger charge is -2.11. The quantitative estimate of drug-likeness (QED) is 0.908. The lowest BCUT2D eigenvalue weighted by molar-refractivity contribution is 0.564. The van der Waals surface area contributed by atoms with Crippen LogP contribution in [0.25, 0.3) is 11.3 Å². The Morgan fingerprint density at radius 3 is 2.55 bits per heavy atom. The Bertz CT molecular complexity index is 617. The predicted molar refractivity (Wildman–Crippen MR) is 81.6 cm³/mol. The summed E-state index contributed by atoms with van der Waals surface area (Å²) in [5, 5.41) is 7.72. The van der Waals surface area contributed by atoms with Gasteiger partial charge in [-0.05, 0) is 13.0 Å². The first-order valence-electron chi connectivity index (χ1n) is 7.01. The molecule has 106 valence electrons. The van der Waals surface area contributed by atoms with Crippen molar-refractivity contribution in [3.63, 3.8) is 0 Å². The van der Waals surface area contributed by atoms with Crippen molar-refractivity contribution in [3.8, 4) is 11.3 Å². The Morgan fingerprint density at radius 1 is 1.25 bits per heavy atom.